The van der Waals surface area contributed by atoms with Gasteiger partial charge in [0.15, 0.2) is 0 Å². The van der Waals surface area contributed by atoms with Crippen molar-refractivity contribution in [2.45, 2.75) is 0 Å². The van der Waals surface area contributed by atoms with Crippen molar-refractivity contribution in [1.29, 1.82) is 0 Å². The van der Waals surface area contributed by atoms with Crippen molar-refractivity contribution in [3.63, 3.8) is 0 Å². The summed E-state index contributed by atoms with van der Waals surface area (Å²) in [5.74, 6) is 0. The molecule has 0 aliphatic carbocycles. The summed E-state index contributed by atoms with van der Waals surface area (Å²) in [4.78, 5) is 8.58. The Bertz CT molecular complexity index is 15.1. The van der Waals surface area contributed by atoms with Crippen LogP contribution in [0.15, 0.2) is 0 Å². The van der Waals surface area contributed by atoms with Gasteiger partial charge in [0.05, 0.1) is 0 Å². The van der Waals surface area contributed by atoms with Crippen molar-refractivity contribution in [3.8, 4) is 0 Å². The van der Waals surface area contributed by atoms with Crippen LogP contribution < -0.4 is 11.5 Å². The minimum Gasteiger partial charge on any atom is -0.372 e. The summed E-state index contributed by atoms with van der Waals surface area (Å²) >= 11 is 0. The second kappa shape index (κ2) is 110. The summed E-state index contributed by atoms with van der Waals surface area (Å²) in [6.45, 7) is 0. The van der Waals surface area contributed by atoms with E-state index in [1.807, 2.05) is 0 Å². The van der Waals surface area contributed by atoms with Gasteiger partial charge in [-0.2, -0.15) is 0 Å². The standard InChI is InChI=1S/CH3NO.CH5N/c2-1-3;1-2/h1H,(H2,2,3);2H2,1H3. The Morgan fingerprint density at radius 1 is 1.60 bits per heavy atom. The second-order valence-electron chi connectivity index (χ2n) is 0.136. The molecular formula is C2H8N2O. The zero-order chi connectivity index (χ0) is 4.71. The van der Waals surface area contributed by atoms with Gasteiger partial charge < -0.3 is 11.5 Å². The summed E-state index contributed by atoms with van der Waals surface area (Å²) in [5.41, 5.74) is 8.67. The number of hydrogen-bond acceptors (Lipinski definition) is 2. The molecular weight excluding hydrogens is 68.0 g/mol. The molecule has 3 nitrogen and oxygen atoms in total. The van der Waals surface area contributed by atoms with Crippen LogP contribution in [0.4, 0.5) is 0 Å². The van der Waals surface area contributed by atoms with Crippen molar-refractivity contribution in [1.82, 2.24) is 0 Å². The average Bonchev–Trinajstić information content (AvgIpc) is 1.46. The fourth-order valence-corrected chi connectivity index (χ4v) is 0. The summed E-state index contributed by atoms with van der Waals surface area (Å²) in [6.07, 6.45) is 0.250. The number of carbonyl (C=O) groups excluding carboxylic acids is 1. The van der Waals surface area contributed by atoms with Gasteiger partial charge in [0.1, 0.15) is 0 Å². The molecule has 0 fully saturated rings. The van der Waals surface area contributed by atoms with Gasteiger partial charge in [-0.05, 0) is 7.05 Å². The first kappa shape index (κ1) is 8.83. The minimum atomic E-state index is 0.250. The Balaban J connectivity index is 0. The highest BCUT2D eigenvalue weighted by atomic mass is 16.1. The van der Waals surface area contributed by atoms with Gasteiger partial charge >= 0.3 is 0 Å². The van der Waals surface area contributed by atoms with Crippen molar-refractivity contribution in [2.24, 2.45) is 11.5 Å². The van der Waals surface area contributed by atoms with E-state index in [-0.39, 0.29) is 6.41 Å². The summed E-state index contributed by atoms with van der Waals surface area (Å²) in [6, 6.07) is 0. The normalized spacial score (nSPS) is 3.60. The second-order valence-corrected chi connectivity index (χ2v) is 0.136. The predicted molar refractivity (Wildman–Crippen MR) is 20.4 cm³/mol. The molecule has 0 atom stereocenters. The molecule has 0 aromatic carbocycles. The van der Waals surface area contributed by atoms with Crippen LogP contribution in [0.5, 0.6) is 0 Å². The molecule has 0 saturated carbocycles. The molecule has 32 valence electrons. The molecule has 0 aromatic rings. The zero-order valence-corrected chi connectivity index (χ0v) is 3.14. The van der Waals surface area contributed by atoms with Crippen LogP contribution in [0.1, 0.15) is 0 Å². The highest BCUT2D eigenvalue weighted by Gasteiger charge is 1.19. The fourth-order valence-electron chi connectivity index (χ4n) is 0. The smallest absolute Gasteiger partial charge is 0.204 e. The number of rotatable bonds is 0. The van der Waals surface area contributed by atoms with E-state index in [2.05, 4.69) is 11.5 Å². The summed E-state index contributed by atoms with van der Waals surface area (Å²) in [5, 5.41) is 0. The van der Waals surface area contributed by atoms with Crippen LogP contribution in [-0.2, 0) is 4.79 Å². The Kier molecular flexibility index (Phi) is 193. The maximum atomic E-state index is 8.58. The maximum absolute atomic E-state index is 8.58. The third kappa shape index (κ3) is 21.6. The molecule has 1 amide bonds. The van der Waals surface area contributed by atoms with Crippen LogP contribution in [0.25, 0.3) is 0 Å². The third-order valence-electron chi connectivity index (χ3n) is 0. The first-order chi connectivity index (χ1) is 2.41. The monoisotopic (exact) mass is 76.1 g/mol. The van der Waals surface area contributed by atoms with E-state index >= 15 is 0 Å². The van der Waals surface area contributed by atoms with Gasteiger partial charge in [-0.15, -0.1) is 0 Å². The largest absolute Gasteiger partial charge is 0.372 e. The minimum absolute atomic E-state index is 0.250. The van der Waals surface area contributed by atoms with Crippen LogP contribution in [0.2, 0.25) is 0 Å². The fraction of sp³-hybridized carbons (Fsp3) is 0.500. The Morgan fingerprint density at radius 2 is 1.60 bits per heavy atom. The van der Waals surface area contributed by atoms with E-state index in [0.29, 0.717) is 0 Å². The zero-order valence-electron chi connectivity index (χ0n) is 3.14. The van der Waals surface area contributed by atoms with Crippen LogP contribution in [0, 0.1) is 0 Å². The SMILES string of the molecule is CN.NC=O. The molecule has 0 saturated heterocycles. The maximum Gasteiger partial charge on any atom is 0.204 e. The van der Waals surface area contributed by atoms with Crippen molar-refractivity contribution < 1.29 is 4.79 Å². The van der Waals surface area contributed by atoms with Crippen molar-refractivity contribution >= 4 is 6.41 Å². The number of hydrogen-bond donors (Lipinski definition) is 2. The number of amides is 1. The molecule has 0 heterocycles. The molecule has 0 spiro atoms. The van der Waals surface area contributed by atoms with Crippen LogP contribution in [-0.4, -0.2) is 13.5 Å². The van der Waals surface area contributed by atoms with Gasteiger partial charge in [-0.25, -0.2) is 0 Å². The molecule has 0 radical (unpaired) electrons. The molecule has 3 heteroatoms. The topological polar surface area (TPSA) is 69.1 Å². The van der Waals surface area contributed by atoms with Gasteiger partial charge in [-0.3, -0.25) is 4.79 Å². The highest BCUT2D eigenvalue weighted by Crippen LogP contribution is 0.798. The number of primary amides is 1. The van der Waals surface area contributed by atoms with Crippen LogP contribution in [0.3, 0.4) is 0 Å². The van der Waals surface area contributed by atoms with E-state index in [0.717, 1.165) is 0 Å². The van der Waals surface area contributed by atoms with E-state index in [1.165, 1.54) is 7.05 Å². The van der Waals surface area contributed by atoms with E-state index in [4.69, 9.17) is 4.79 Å². The molecule has 0 rings (SSSR count). The van der Waals surface area contributed by atoms with Gasteiger partial charge in [0, 0.05) is 0 Å². The quantitative estimate of drug-likeness (QED) is 0.351. The molecule has 0 aliphatic heterocycles. The third-order valence-corrected chi connectivity index (χ3v) is 0. The first-order valence-corrected chi connectivity index (χ1v) is 1.15. The van der Waals surface area contributed by atoms with E-state index < -0.39 is 0 Å². The predicted octanol–water partition coefficient (Wildman–Crippen LogP) is -1.32. The van der Waals surface area contributed by atoms with Gasteiger partial charge in [0.2, 0.25) is 6.41 Å². The Morgan fingerprint density at radius 3 is 1.60 bits per heavy atom. The summed E-state index contributed by atoms with van der Waals surface area (Å²) in [7, 11) is 1.50. The first-order valence-electron chi connectivity index (χ1n) is 1.15. The van der Waals surface area contributed by atoms with Gasteiger partial charge in [0.25, 0.3) is 0 Å². The lowest BCUT2D eigenvalue weighted by Crippen LogP contribution is -1.82. The van der Waals surface area contributed by atoms with Crippen LogP contribution >= 0.6 is 0 Å². The molecule has 0 aromatic heterocycles. The van der Waals surface area contributed by atoms with Crippen molar-refractivity contribution in [3.05, 3.63) is 0 Å². The molecule has 0 aliphatic rings. The van der Waals surface area contributed by atoms with Crippen molar-refractivity contribution in [2.75, 3.05) is 7.05 Å². The number of nitrogens with two attached hydrogens (primary N) is 2. The van der Waals surface area contributed by atoms with E-state index in [1.54, 1.807) is 0 Å². The molecule has 5 heavy (non-hydrogen) atoms. The van der Waals surface area contributed by atoms with E-state index in [9.17, 15) is 0 Å². The van der Waals surface area contributed by atoms with Gasteiger partial charge in [-0.1, -0.05) is 0 Å². The lowest BCUT2D eigenvalue weighted by molar-refractivity contribution is -0.106. The molecule has 0 unspecified atom stereocenters. The lowest BCUT2D eigenvalue weighted by Gasteiger charge is -1.32. The highest BCUT2D eigenvalue weighted by molar-refractivity contribution is 5.42. The number of carbonyl (C=O) groups is 1. The summed E-state index contributed by atoms with van der Waals surface area (Å²) < 4.78 is 0. The lowest BCUT2D eigenvalue weighted by atomic mass is 11.5. The average molecular weight is 76.1 g/mol. The Hall–Kier alpha value is -0.570. The molecule has 4 N–H and O–H groups in total. The molecule has 0 bridgehead atoms. The Labute approximate surface area is 31.0 Å².